The van der Waals surface area contributed by atoms with E-state index in [2.05, 4.69) is 44.3 Å². The first-order valence-electron chi connectivity index (χ1n) is 13.6. The molecule has 0 aromatic heterocycles. The van der Waals surface area contributed by atoms with E-state index in [1.165, 1.54) is 50.5 Å². The number of rotatable bonds is 10. The van der Waals surface area contributed by atoms with Crippen molar-refractivity contribution in [3.05, 3.63) is 53.1 Å². The molecule has 3 heteroatoms. The van der Waals surface area contributed by atoms with E-state index in [0.717, 1.165) is 34.1 Å². The van der Waals surface area contributed by atoms with Crippen molar-refractivity contribution in [2.24, 2.45) is 5.92 Å². The molecule has 0 fully saturated rings. The van der Waals surface area contributed by atoms with Crippen LogP contribution >= 0.6 is 0 Å². The number of hydrogen-bond acceptors (Lipinski definition) is 3. The van der Waals surface area contributed by atoms with Crippen LogP contribution in [0.4, 0.5) is 17.1 Å². The molecule has 2 aromatic rings. The van der Waals surface area contributed by atoms with Gasteiger partial charge in [0.2, 0.25) is 0 Å². The third kappa shape index (κ3) is 17.3. The monoisotopic (exact) mass is 471 g/mol. The van der Waals surface area contributed by atoms with Gasteiger partial charge in [-0.05, 0) is 74.9 Å². The van der Waals surface area contributed by atoms with Crippen molar-refractivity contribution in [3.8, 4) is 0 Å². The van der Waals surface area contributed by atoms with Crippen molar-refractivity contribution >= 4 is 17.1 Å². The Bertz CT molecular complexity index is 737. The fourth-order valence-corrected chi connectivity index (χ4v) is 3.38. The van der Waals surface area contributed by atoms with Crippen LogP contribution in [0.2, 0.25) is 0 Å². The topological polar surface area (TPSA) is 64.1 Å². The lowest BCUT2D eigenvalue weighted by Gasteiger charge is -2.16. The van der Waals surface area contributed by atoms with Crippen LogP contribution in [0.15, 0.2) is 36.4 Å². The molecule has 196 valence electrons. The fourth-order valence-electron chi connectivity index (χ4n) is 3.38. The smallest absolute Gasteiger partial charge is 0.0364 e. The number of nitrogens with one attached hydrogen (secondary N) is 1. The number of hydrogen-bond donors (Lipinski definition) is 3. The Labute approximate surface area is 213 Å². The summed E-state index contributed by atoms with van der Waals surface area (Å²) in [5, 5.41) is 3.55. The van der Waals surface area contributed by atoms with Gasteiger partial charge in [0.05, 0.1) is 0 Å². The molecule has 0 heterocycles. The molecule has 0 radical (unpaired) electrons. The van der Waals surface area contributed by atoms with Crippen LogP contribution in [0.5, 0.6) is 0 Å². The third-order valence-corrected chi connectivity index (χ3v) is 5.55. The van der Waals surface area contributed by atoms with Gasteiger partial charge < -0.3 is 16.8 Å². The molecule has 0 aliphatic heterocycles. The number of aryl methyl sites for hydroxylation is 3. The third-order valence-electron chi connectivity index (χ3n) is 5.55. The number of nitrogens with two attached hydrogens (primary N) is 2. The van der Waals surface area contributed by atoms with Crippen molar-refractivity contribution in [1.29, 1.82) is 0 Å². The summed E-state index contributed by atoms with van der Waals surface area (Å²) in [6.45, 7) is 21.0. The second kappa shape index (κ2) is 21.4. The fraction of sp³-hybridized carbons (Fsp3) is 0.613. The molecule has 1 atom stereocenters. The molecule has 0 amide bonds. The van der Waals surface area contributed by atoms with Crippen molar-refractivity contribution in [2.75, 3.05) is 16.8 Å². The van der Waals surface area contributed by atoms with E-state index in [4.69, 9.17) is 11.5 Å². The van der Waals surface area contributed by atoms with Crippen LogP contribution in [0, 0.1) is 26.7 Å². The van der Waals surface area contributed by atoms with E-state index in [1.54, 1.807) is 0 Å². The molecular weight excluding hydrogens is 414 g/mol. The van der Waals surface area contributed by atoms with Crippen LogP contribution < -0.4 is 16.8 Å². The number of unbranched alkanes of at least 4 members (excludes halogenated alkanes) is 4. The maximum Gasteiger partial charge on any atom is 0.0364 e. The summed E-state index contributed by atoms with van der Waals surface area (Å²) in [6.07, 6.45) is 9.47. The quantitative estimate of drug-likeness (QED) is 0.238. The lowest BCUT2D eigenvalue weighted by molar-refractivity contribution is 0.507. The van der Waals surface area contributed by atoms with Crippen molar-refractivity contribution in [1.82, 2.24) is 0 Å². The van der Waals surface area contributed by atoms with Gasteiger partial charge in [-0.2, -0.15) is 0 Å². The van der Waals surface area contributed by atoms with Gasteiger partial charge in [-0.25, -0.2) is 0 Å². The first kappa shape index (κ1) is 34.0. The lowest BCUT2D eigenvalue weighted by atomic mass is 10.0. The Balaban J connectivity index is 0. The first-order chi connectivity index (χ1) is 16.2. The zero-order chi connectivity index (χ0) is 26.5. The Kier molecular flexibility index (Phi) is 21.4. The molecule has 2 rings (SSSR count). The predicted molar refractivity (Wildman–Crippen MR) is 159 cm³/mol. The van der Waals surface area contributed by atoms with E-state index in [9.17, 15) is 0 Å². The molecule has 34 heavy (non-hydrogen) atoms. The van der Waals surface area contributed by atoms with Crippen LogP contribution in [-0.4, -0.2) is 6.04 Å². The summed E-state index contributed by atoms with van der Waals surface area (Å²) >= 11 is 0. The highest BCUT2D eigenvalue weighted by molar-refractivity contribution is 5.58. The SMILES string of the molecule is CC.CC.Cc1ccc(C)c(N)c1.Cc1ccc(NC(C)CCCCCCCC(C)C)cc1N. The van der Waals surface area contributed by atoms with Gasteiger partial charge in [-0.1, -0.05) is 98.3 Å². The van der Waals surface area contributed by atoms with Gasteiger partial charge in [-0.3, -0.25) is 0 Å². The normalized spacial score (nSPS) is 10.7. The van der Waals surface area contributed by atoms with Crippen LogP contribution in [-0.2, 0) is 0 Å². The highest BCUT2D eigenvalue weighted by Crippen LogP contribution is 2.19. The van der Waals surface area contributed by atoms with Crippen LogP contribution in [0.25, 0.3) is 0 Å². The van der Waals surface area contributed by atoms with Crippen LogP contribution in [0.3, 0.4) is 0 Å². The minimum atomic E-state index is 0.516. The minimum Gasteiger partial charge on any atom is -0.399 e. The summed E-state index contributed by atoms with van der Waals surface area (Å²) in [7, 11) is 0. The number of nitrogen functional groups attached to an aromatic ring is 2. The average Bonchev–Trinajstić information content (AvgIpc) is 2.81. The molecule has 5 N–H and O–H groups in total. The maximum absolute atomic E-state index is 5.95. The molecule has 0 saturated carbocycles. The summed E-state index contributed by atoms with van der Waals surface area (Å²) in [6, 6.07) is 12.8. The lowest BCUT2D eigenvalue weighted by Crippen LogP contribution is -2.15. The number of anilines is 3. The van der Waals surface area contributed by atoms with Crippen molar-refractivity contribution in [2.45, 2.75) is 120 Å². The standard InChI is InChI=1S/C19H34N2.C8H11N.2C2H6/c1-15(2)10-8-6-5-7-9-11-17(4)21-18-13-12-16(3)19(20)14-18;1-6-3-4-7(2)8(9)5-6;2*1-2/h12-15,17,21H,5-11,20H2,1-4H3;3-5H,9H2,1-2H3;2*1-2H3. The van der Waals surface area contributed by atoms with Gasteiger partial charge in [0.1, 0.15) is 0 Å². The molecule has 1 unspecified atom stereocenters. The van der Waals surface area contributed by atoms with E-state index >= 15 is 0 Å². The second-order valence-electron chi connectivity index (χ2n) is 9.22. The van der Waals surface area contributed by atoms with Crippen LogP contribution in [0.1, 0.15) is 110 Å². The molecule has 0 aliphatic carbocycles. The van der Waals surface area contributed by atoms with Gasteiger partial charge in [0.25, 0.3) is 0 Å². The summed E-state index contributed by atoms with van der Waals surface area (Å²) in [4.78, 5) is 0. The number of benzene rings is 2. The van der Waals surface area contributed by atoms with E-state index in [1.807, 2.05) is 66.7 Å². The first-order valence-corrected chi connectivity index (χ1v) is 13.6. The van der Waals surface area contributed by atoms with Gasteiger partial charge in [-0.15, -0.1) is 0 Å². The zero-order valence-corrected chi connectivity index (χ0v) is 24.2. The molecule has 0 saturated heterocycles. The average molecular weight is 472 g/mol. The predicted octanol–water partition coefficient (Wildman–Crippen LogP) is 9.70. The summed E-state index contributed by atoms with van der Waals surface area (Å²) in [5.41, 5.74) is 18.0. The van der Waals surface area contributed by atoms with E-state index in [0.29, 0.717) is 6.04 Å². The Morgan fingerprint density at radius 1 is 0.647 bits per heavy atom. The van der Waals surface area contributed by atoms with Gasteiger partial charge in [0.15, 0.2) is 0 Å². The molecule has 3 nitrogen and oxygen atoms in total. The van der Waals surface area contributed by atoms with Gasteiger partial charge in [0, 0.05) is 23.1 Å². The molecule has 2 aromatic carbocycles. The van der Waals surface area contributed by atoms with E-state index in [-0.39, 0.29) is 0 Å². The zero-order valence-electron chi connectivity index (χ0n) is 24.2. The highest BCUT2D eigenvalue weighted by atomic mass is 14.9. The maximum atomic E-state index is 5.95. The Morgan fingerprint density at radius 3 is 1.59 bits per heavy atom. The summed E-state index contributed by atoms with van der Waals surface area (Å²) in [5.74, 6) is 0.858. The van der Waals surface area contributed by atoms with Crippen molar-refractivity contribution < 1.29 is 0 Å². The minimum absolute atomic E-state index is 0.516. The Hall–Kier alpha value is -2.16. The molecule has 0 bridgehead atoms. The largest absolute Gasteiger partial charge is 0.399 e. The van der Waals surface area contributed by atoms with Gasteiger partial charge >= 0.3 is 0 Å². The van der Waals surface area contributed by atoms with Crippen molar-refractivity contribution in [3.63, 3.8) is 0 Å². The summed E-state index contributed by atoms with van der Waals surface area (Å²) < 4.78 is 0. The molecular formula is C31H57N3. The molecule has 0 aliphatic rings. The molecule has 0 spiro atoms. The van der Waals surface area contributed by atoms with E-state index < -0.39 is 0 Å². The Morgan fingerprint density at radius 2 is 1.12 bits per heavy atom. The highest BCUT2D eigenvalue weighted by Gasteiger charge is 2.03. The second-order valence-corrected chi connectivity index (χ2v) is 9.22.